The topological polar surface area (TPSA) is 27.0 Å². The molecule has 2 nitrogen and oxygen atoms in total. The highest BCUT2D eigenvalue weighted by molar-refractivity contribution is 9.10. The fourth-order valence-corrected chi connectivity index (χ4v) is 4.23. The lowest BCUT2D eigenvalue weighted by Crippen LogP contribution is -2.40. The Bertz CT molecular complexity index is 668. The summed E-state index contributed by atoms with van der Waals surface area (Å²) >= 11 is 5.30. The van der Waals surface area contributed by atoms with Crippen molar-refractivity contribution in [3.63, 3.8) is 0 Å². The number of benzene rings is 1. The second-order valence-corrected chi connectivity index (χ2v) is 6.96. The van der Waals surface area contributed by atoms with Crippen LogP contribution in [0.25, 0.3) is 10.1 Å². The van der Waals surface area contributed by atoms with E-state index < -0.39 is 5.67 Å². The van der Waals surface area contributed by atoms with Gasteiger partial charge in [0, 0.05) is 41.6 Å². The van der Waals surface area contributed by atoms with E-state index in [4.69, 9.17) is 5.26 Å². The number of nitriles is 1. The molecule has 0 spiro atoms. The third-order valence-electron chi connectivity index (χ3n) is 3.87. The molecule has 1 saturated heterocycles. The number of nitrogens with zero attached hydrogens (tertiary/aromatic N) is 2. The Balaban J connectivity index is 1.75. The standard InChI is InChI=1S/C15H14BrFN2S/c16-13-3-1-2-12-11(9-20-14(12)13)8-19-6-4-15(17,10-18)5-7-19/h1-3,9H,4-8H2. The highest BCUT2D eigenvalue weighted by Gasteiger charge is 2.34. The monoisotopic (exact) mass is 352 g/mol. The minimum absolute atomic E-state index is 0.315. The Morgan fingerprint density at radius 2 is 2.15 bits per heavy atom. The van der Waals surface area contributed by atoms with E-state index in [9.17, 15) is 4.39 Å². The first kappa shape index (κ1) is 14.0. The maximum Gasteiger partial charge on any atom is 0.198 e. The summed E-state index contributed by atoms with van der Waals surface area (Å²) in [6.45, 7) is 2.13. The van der Waals surface area contributed by atoms with Crippen LogP contribution >= 0.6 is 27.3 Å². The van der Waals surface area contributed by atoms with Gasteiger partial charge in [0.15, 0.2) is 5.67 Å². The number of hydrogen-bond acceptors (Lipinski definition) is 3. The zero-order valence-electron chi connectivity index (χ0n) is 10.9. The first-order chi connectivity index (χ1) is 9.61. The lowest BCUT2D eigenvalue weighted by atomic mass is 9.95. The molecule has 0 bridgehead atoms. The third-order valence-corrected chi connectivity index (χ3v) is 5.88. The minimum atomic E-state index is -1.61. The molecule has 2 aromatic rings. The Morgan fingerprint density at radius 1 is 1.40 bits per heavy atom. The fourth-order valence-electron chi connectivity index (χ4n) is 2.62. The molecule has 2 heterocycles. The molecule has 0 radical (unpaired) electrons. The number of piperidine rings is 1. The van der Waals surface area contributed by atoms with Crippen molar-refractivity contribution in [1.82, 2.24) is 4.90 Å². The van der Waals surface area contributed by atoms with Gasteiger partial charge in [-0.1, -0.05) is 12.1 Å². The molecule has 0 unspecified atom stereocenters. The van der Waals surface area contributed by atoms with Gasteiger partial charge in [-0.25, -0.2) is 4.39 Å². The zero-order chi connectivity index (χ0) is 14.2. The first-order valence-electron chi connectivity index (χ1n) is 6.58. The van der Waals surface area contributed by atoms with Gasteiger partial charge in [0.1, 0.15) is 6.07 Å². The number of hydrogen-bond donors (Lipinski definition) is 0. The summed E-state index contributed by atoms with van der Waals surface area (Å²) in [5.74, 6) is 0. The fraction of sp³-hybridized carbons (Fsp3) is 0.400. The van der Waals surface area contributed by atoms with E-state index in [0.717, 1.165) is 11.0 Å². The number of fused-ring (bicyclic) bond motifs is 1. The van der Waals surface area contributed by atoms with Crippen molar-refractivity contribution in [2.24, 2.45) is 0 Å². The van der Waals surface area contributed by atoms with Gasteiger partial charge in [-0.3, -0.25) is 4.90 Å². The number of alkyl halides is 1. The van der Waals surface area contributed by atoms with Crippen LogP contribution in [0.1, 0.15) is 18.4 Å². The Kier molecular flexibility index (Phi) is 3.80. The summed E-state index contributed by atoms with van der Waals surface area (Å²) in [4.78, 5) is 2.23. The van der Waals surface area contributed by atoms with Crippen LogP contribution in [0.2, 0.25) is 0 Å². The highest BCUT2D eigenvalue weighted by atomic mass is 79.9. The molecule has 20 heavy (non-hydrogen) atoms. The van der Waals surface area contributed by atoms with Crippen LogP contribution in [0.5, 0.6) is 0 Å². The molecule has 1 aromatic heterocycles. The molecule has 0 atom stereocenters. The molecular formula is C15H14BrFN2S. The Morgan fingerprint density at radius 3 is 2.85 bits per heavy atom. The van der Waals surface area contributed by atoms with E-state index in [1.54, 1.807) is 17.4 Å². The summed E-state index contributed by atoms with van der Waals surface area (Å²) in [5, 5.41) is 12.3. The lowest BCUT2D eigenvalue weighted by Gasteiger charge is -2.32. The van der Waals surface area contributed by atoms with Gasteiger partial charge >= 0.3 is 0 Å². The van der Waals surface area contributed by atoms with E-state index in [0.29, 0.717) is 25.9 Å². The molecule has 0 saturated carbocycles. The highest BCUT2D eigenvalue weighted by Crippen LogP contribution is 2.34. The SMILES string of the molecule is N#CC1(F)CCN(Cc2csc3c(Br)cccc23)CC1. The molecule has 1 aliphatic heterocycles. The quantitative estimate of drug-likeness (QED) is 0.795. The molecule has 1 fully saturated rings. The van der Waals surface area contributed by atoms with Crippen LogP contribution in [0.3, 0.4) is 0 Å². The molecule has 1 aromatic carbocycles. The van der Waals surface area contributed by atoms with Gasteiger partial charge in [-0.2, -0.15) is 5.26 Å². The molecule has 0 N–H and O–H groups in total. The largest absolute Gasteiger partial charge is 0.299 e. The predicted octanol–water partition coefficient (Wildman–Crippen LogP) is 4.49. The van der Waals surface area contributed by atoms with E-state index in [1.165, 1.54) is 15.6 Å². The first-order valence-corrected chi connectivity index (χ1v) is 8.26. The normalized spacial score (nSPS) is 19.1. The average Bonchev–Trinajstić information content (AvgIpc) is 2.86. The molecule has 104 valence electrons. The zero-order valence-corrected chi connectivity index (χ0v) is 13.3. The molecular weight excluding hydrogens is 339 g/mol. The predicted molar refractivity (Wildman–Crippen MR) is 83.5 cm³/mol. The number of likely N-dealkylation sites (tertiary alicyclic amines) is 1. The molecule has 3 rings (SSSR count). The second kappa shape index (κ2) is 5.44. The van der Waals surface area contributed by atoms with E-state index in [-0.39, 0.29) is 0 Å². The van der Waals surface area contributed by atoms with Gasteiger partial charge in [0.2, 0.25) is 0 Å². The van der Waals surface area contributed by atoms with E-state index in [1.807, 2.05) is 12.1 Å². The Labute approximate surface area is 129 Å². The van der Waals surface area contributed by atoms with Crippen molar-refractivity contribution in [3.05, 3.63) is 33.6 Å². The van der Waals surface area contributed by atoms with E-state index >= 15 is 0 Å². The van der Waals surface area contributed by atoms with Crippen LogP contribution in [0.4, 0.5) is 4.39 Å². The van der Waals surface area contributed by atoms with Crippen molar-refractivity contribution in [2.75, 3.05) is 13.1 Å². The summed E-state index contributed by atoms with van der Waals surface area (Å²) in [6.07, 6.45) is 0.629. The van der Waals surface area contributed by atoms with Crippen LogP contribution in [0.15, 0.2) is 28.1 Å². The van der Waals surface area contributed by atoms with Crippen molar-refractivity contribution in [3.8, 4) is 6.07 Å². The van der Waals surface area contributed by atoms with Gasteiger partial charge in [-0.15, -0.1) is 11.3 Å². The Hall–Kier alpha value is -0.960. The van der Waals surface area contributed by atoms with Crippen molar-refractivity contribution < 1.29 is 4.39 Å². The number of rotatable bonds is 2. The maximum atomic E-state index is 13.9. The van der Waals surface area contributed by atoms with Crippen LogP contribution in [-0.2, 0) is 6.54 Å². The van der Waals surface area contributed by atoms with Gasteiger partial charge < -0.3 is 0 Å². The number of thiophene rings is 1. The summed E-state index contributed by atoms with van der Waals surface area (Å²) in [7, 11) is 0. The molecule has 0 aliphatic carbocycles. The smallest absolute Gasteiger partial charge is 0.198 e. The van der Waals surface area contributed by atoms with E-state index in [2.05, 4.69) is 32.3 Å². The van der Waals surface area contributed by atoms with Crippen LogP contribution in [0, 0.1) is 11.3 Å². The number of halogens is 2. The van der Waals surface area contributed by atoms with Crippen molar-refractivity contribution >= 4 is 37.4 Å². The minimum Gasteiger partial charge on any atom is -0.299 e. The lowest BCUT2D eigenvalue weighted by molar-refractivity contribution is 0.0987. The van der Waals surface area contributed by atoms with Crippen molar-refractivity contribution in [2.45, 2.75) is 25.1 Å². The average molecular weight is 353 g/mol. The summed E-state index contributed by atoms with van der Waals surface area (Å²) < 4.78 is 16.3. The molecule has 5 heteroatoms. The summed E-state index contributed by atoms with van der Waals surface area (Å²) in [6, 6.07) is 8.02. The second-order valence-electron chi connectivity index (χ2n) is 5.23. The molecule has 0 amide bonds. The van der Waals surface area contributed by atoms with Crippen LogP contribution < -0.4 is 0 Å². The van der Waals surface area contributed by atoms with Gasteiger partial charge in [0.25, 0.3) is 0 Å². The van der Waals surface area contributed by atoms with Gasteiger partial charge in [0.05, 0.1) is 0 Å². The maximum absolute atomic E-state index is 13.9. The van der Waals surface area contributed by atoms with Crippen molar-refractivity contribution in [1.29, 1.82) is 5.26 Å². The van der Waals surface area contributed by atoms with Crippen LogP contribution in [-0.4, -0.2) is 23.7 Å². The summed E-state index contributed by atoms with van der Waals surface area (Å²) in [5.41, 5.74) is -0.328. The third kappa shape index (κ3) is 2.60. The molecule has 1 aliphatic rings. The van der Waals surface area contributed by atoms with Gasteiger partial charge in [-0.05, 0) is 38.3 Å².